The number of carbonyl (C=O) groups excluding carboxylic acids is 1. The SMILES string of the molecule is COc1cccc(F)c1C(=O)Nc1ccc(CN)cn1. The summed E-state index contributed by atoms with van der Waals surface area (Å²) in [5.74, 6) is -0.785. The number of anilines is 1. The molecule has 104 valence electrons. The second-order valence-electron chi connectivity index (χ2n) is 4.03. The molecule has 1 aromatic heterocycles. The van der Waals surface area contributed by atoms with Crippen molar-refractivity contribution in [2.45, 2.75) is 6.54 Å². The van der Waals surface area contributed by atoms with E-state index in [4.69, 9.17) is 10.5 Å². The van der Waals surface area contributed by atoms with Crippen molar-refractivity contribution in [3.8, 4) is 5.75 Å². The van der Waals surface area contributed by atoms with Crippen LogP contribution in [0.4, 0.5) is 10.2 Å². The molecule has 1 heterocycles. The first kappa shape index (κ1) is 14.0. The predicted molar refractivity (Wildman–Crippen MR) is 73.0 cm³/mol. The molecular formula is C14H14FN3O2. The van der Waals surface area contributed by atoms with Crippen molar-refractivity contribution in [3.05, 3.63) is 53.5 Å². The van der Waals surface area contributed by atoms with E-state index in [0.717, 1.165) is 5.56 Å². The minimum absolute atomic E-state index is 0.153. The second-order valence-corrected chi connectivity index (χ2v) is 4.03. The van der Waals surface area contributed by atoms with E-state index >= 15 is 0 Å². The highest BCUT2D eigenvalue weighted by molar-refractivity contribution is 6.05. The van der Waals surface area contributed by atoms with Gasteiger partial charge in [0, 0.05) is 12.7 Å². The minimum Gasteiger partial charge on any atom is -0.496 e. The summed E-state index contributed by atoms with van der Waals surface area (Å²) in [6.07, 6.45) is 1.55. The largest absolute Gasteiger partial charge is 0.496 e. The Morgan fingerprint density at radius 3 is 2.80 bits per heavy atom. The molecule has 0 aliphatic rings. The van der Waals surface area contributed by atoms with Crippen LogP contribution in [-0.4, -0.2) is 18.0 Å². The van der Waals surface area contributed by atoms with Gasteiger partial charge in [0.25, 0.3) is 5.91 Å². The molecule has 1 aromatic carbocycles. The van der Waals surface area contributed by atoms with Crippen LogP contribution in [0.15, 0.2) is 36.5 Å². The van der Waals surface area contributed by atoms with E-state index in [1.807, 2.05) is 0 Å². The number of hydrogen-bond donors (Lipinski definition) is 2. The molecule has 5 nitrogen and oxygen atoms in total. The van der Waals surface area contributed by atoms with Crippen LogP contribution in [0, 0.1) is 5.82 Å². The van der Waals surface area contributed by atoms with E-state index in [0.29, 0.717) is 12.4 Å². The molecule has 0 bridgehead atoms. The van der Waals surface area contributed by atoms with Gasteiger partial charge >= 0.3 is 0 Å². The number of pyridine rings is 1. The molecule has 3 N–H and O–H groups in total. The number of ether oxygens (including phenoxy) is 1. The summed E-state index contributed by atoms with van der Waals surface area (Å²) >= 11 is 0. The van der Waals surface area contributed by atoms with Crippen molar-refractivity contribution in [1.29, 1.82) is 0 Å². The number of carbonyl (C=O) groups is 1. The van der Waals surface area contributed by atoms with Crippen LogP contribution < -0.4 is 15.8 Å². The summed E-state index contributed by atoms with van der Waals surface area (Å²) in [5.41, 5.74) is 6.14. The van der Waals surface area contributed by atoms with Crippen molar-refractivity contribution in [2.75, 3.05) is 12.4 Å². The van der Waals surface area contributed by atoms with E-state index in [9.17, 15) is 9.18 Å². The maximum absolute atomic E-state index is 13.7. The first-order valence-electron chi connectivity index (χ1n) is 5.94. The number of rotatable bonds is 4. The van der Waals surface area contributed by atoms with Crippen LogP contribution in [-0.2, 0) is 6.54 Å². The van der Waals surface area contributed by atoms with Gasteiger partial charge in [0.2, 0.25) is 0 Å². The minimum atomic E-state index is -0.652. The van der Waals surface area contributed by atoms with E-state index in [-0.39, 0.29) is 11.3 Å². The number of halogens is 1. The fourth-order valence-corrected chi connectivity index (χ4v) is 1.69. The number of benzene rings is 1. The first-order valence-corrected chi connectivity index (χ1v) is 5.94. The molecule has 0 atom stereocenters. The van der Waals surface area contributed by atoms with E-state index in [1.165, 1.54) is 25.3 Å². The van der Waals surface area contributed by atoms with Gasteiger partial charge < -0.3 is 15.8 Å². The van der Waals surface area contributed by atoms with E-state index < -0.39 is 11.7 Å². The van der Waals surface area contributed by atoms with Crippen LogP contribution >= 0.6 is 0 Å². The van der Waals surface area contributed by atoms with Gasteiger partial charge in [0.1, 0.15) is 22.9 Å². The highest BCUT2D eigenvalue weighted by atomic mass is 19.1. The van der Waals surface area contributed by atoms with E-state index in [2.05, 4.69) is 10.3 Å². The quantitative estimate of drug-likeness (QED) is 0.894. The fourth-order valence-electron chi connectivity index (χ4n) is 1.69. The third-order valence-corrected chi connectivity index (χ3v) is 2.72. The monoisotopic (exact) mass is 275 g/mol. The number of aromatic nitrogens is 1. The lowest BCUT2D eigenvalue weighted by molar-refractivity contribution is 0.101. The predicted octanol–water partition coefficient (Wildman–Crippen LogP) is 1.94. The highest BCUT2D eigenvalue weighted by Gasteiger charge is 2.17. The molecule has 0 radical (unpaired) electrons. The molecular weight excluding hydrogens is 261 g/mol. The lowest BCUT2D eigenvalue weighted by Crippen LogP contribution is -2.16. The molecule has 1 amide bonds. The van der Waals surface area contributed by atoms with Crippen LogP contribution in [0.3, 0.4) is 0 Å². The Bertz CT molecular complexity index is 614. The summed E-state index contributed by atoms with van der Waals surface area (Å²) in [5, 5.41) is 2.51. The number of amides is 1. The average Bonchev–Trinajstić information content (AvgIpc) is 2.47. The summed E-state index contributed by atoms with van der Waals surface area (Å²) < 4.78 is 18.7. The number of nitrogens with zero attached hydrogens (tertiary/aromatic N) is 1. The lowest BCUT2D eigenvalue weighted by Gasteiger charge is -2.09. The molecule has 0 saturated carbocycles. The zero-order valence-corrected chi connectivity index (χ0v) is 10.9. The molecule has 0 spiro atoms. The first-order chi connectivity index (χ1) is 9.65. The van der Waals surface area contributed by atoms with Gasteiger partial charge in [-0.1, -0.05) is 12.1 Å². The van der Waals surface area contributed by atoms with Crippen molar-refractivity contribution in [2.24, 2.45) is 5.73 Å². The summed E-state index contributed by atoms with van der Waals surface area (Å²) in [7, 11) is 1.37. The molecule has 20 heavy (non-hydrogen) atoms. The summed E-state index contributed by atoms with van der Waals surface area (Å²) in [4.78, 5) is 16.1. The molecule has 0 unspecified atom stereocenters. The third-order valence-electron chi connectivity index (χ3n) is 2.72. The Hall–Kier alpha value is -2.47. The van der Waals surface area contributed by atoms with Crippen LogP contribution in [0.25, 0.3) is 0 Å². The van der Waals surface area contributed by atoms with Gasteiger partial charge in [-0.05, 0) is 23.8 Å². The van der Waals surface area contributed by atoms with Crippen molar-refractivity contribution >= 4 is 11.7 Å². The zero-order valence-electron chi connectivity index (χ0n) is 10.9. The molecule has 6 heteroatoms. The number of hydrogen-bond acceptors (Lipinski definition) is 4. The Balaban J connectivity index is 2.23. The van der Waals surface area contributed by atoms with Gasteiger partial charge in [-0.25, -0.2) is 9.37 Å². The topological polar surface area (TPSA) is 77.2 Å². The van der Waals surface area contributed by atoms with Crippen LogP contribution in [0.1, 0.15) is 15.9 Å². The van der Waals surface area contributed by atoms with Gasteiger partial charge in [-0.3, -0.25) is 4.79 Å². The number of nitrogens with one attached hydrogen (secondary N) is 1. The van der Waals surface area contributed by atoms with Crippen molar-refractivity contribution in [3.63, 3.8) is 0 Å². The molecule has 0 fully saturated rings. The number of methoxy groups -OCH3 is 1. The van der Waals surface area contributed by atoms with Crippen LogP contribution in [0.2, 0.25) is 0 Å². The summed E-state index contributed by atoms with van der Waals surface area (Å²) in [6, 6.07) is 7.53. The maximum atomic E-state index is 13.7. The maximum Gasteiger partial charge on any atom is 0.263 e. The average molecular weight is 275 g/mol. The molecule has 0 aliphatic heterocycles. The van der Waals surface area contributed by atoms with E-state index in [1.54, 1.807) is 18.3 Å². The van der Waals surface area contributed by atoms with Crippen molar-refractivity contribution in [1.82, 2.24) is 4.98 Å². The Morgan fingerprint density at radius 2 is 2.20 bits per heavy atom. The van der Waals surface area contributed by atoms with Gasteiger partial charge in [0.15, 0.2) is 0 Å². The molecule has 2 aromatic rings. The highest BCUT2D eigenvalue weighted by Crippen LogP contribution is 2.22. The standard InChI is InChI=1S/C14H14FN3O2/c1-20-11-4-2-3-10(15)13(11)14(19)18-12-6-5-9(7-16)8-17-12/h2-6,8H,7,16H2,1H3,(H,17,18,19). The van der Waals surface area contributed by atoms with Gasteiger partial charge in [0.05, 0.1) is 7.11 Å². The fraction of sp³-hybridized carbons (Fsp3) is 0.143. The Morgan fingerprint density at radius 1 is 1.40 bits per heavy atom. The van der Waals surface area contributed by atoms with Crippen LogP contribution in [0.5, 0.6) is 5.75 Å². The van der Waals surface area contributed by atoms with Crippen molar-refractivity contribution < 1.29 is 13.9 Å². The normalized spacial score (nSPS) is 10.2. The number of nitrogens with two attached hydrogens (primary N) is 1. The molecule has 0 saturated heterocycles. The lowest BCUT2D eigenvalue weighted by atomic mass is 10.1. The molecule has 0 aliphatic carbocycles. The zero-order chi connectivity index (χ0) is 14.5. The third kappa shape index (κ3) is 2.92. The van der Waals surface area contributed by atoms with Gasteiger partial charge in [-0.15, -0.1) is 0 Å². The van der Waals surface area contributed by atoms with Gasteiger partial charge in [-0.2, -0.15) is 0 Å². The summed E-state index contributed by atoms with van der Waals surface area (Å²) in [6.45, 7) is 0.363. The second kappa shape index (κ2) is 6.12. The molecule has 2 rings (SSSR count). The smallest absolute Gasteiger partial charge is 0.263 e. The Labute approximate surface area is 115 Å². The Kier molecular flexibility index (Phi) is 4.27.